The van der Waals surface area contributed by atoms with E-state index in [9.17, 15) is 9.59 Å². The molecule has 1 aliphatic carbocycles. The van der Waals surface area contributed by atoms with E-state index in [1.807, 2.05) is 0 Å². The van der Waals surface area contributed by atoms with Crippen molar-refractivity contribution >= 4 is 11.8 Å². The lowest BCUT2D eigenvalue weighted by atomic mass is 10.1. The van der Waals surface area contributed by atoms with E-state index < -0.39 is 5.91 Å². The normalized spacial score (nSPS) is 16.1. The number of hydrogen-bond acceptors (Lipinski definition) is 3. The molecule has 0 heterocycles. The first-order valence-corrected chi connectivity index (χ1v) is 6.43. The Morgan fingerprint density at radius 2 is 1.82 bits per heavy atom. The second-order valence-corrected chi connectivity index (χ2v) is 4.67. The lowest BCUT2D eigenvalue weighted by Gasteiger charge is -2.27. The number of rotatable bonds is 7. The van der Waals surface area contributed by atoms with E-state index in [0.717, 1.165) is 38.5 Å². The van der Waals surface area contributed by atoms with Crippen LogP contribution in [0.15, 0.2) is 0 Å². The summed E-state index contributed by atoms with van der Waals surface area (Å²) in [5, 5.41) is 0. The predicted molar refractivity (Wildman–Crippen MR) is 66.1 cm³/mol. The minimum atomic E-state index is -0.427. The SMILES string of the molecule is NCCCCC(=O)N(CC(N)=O)C1CCCC1. The lowest BCUT2D eigenvalue weighted by molar-refractivity contribution is -0.137. The van der Waals surface area contributed by atoms with Crippen LogP contribution in [0.3, 0.4) is 0 Å². The third-order valence-corrected chi connectivity index (χ3v) is 3.26. The predicted octanol–water partition coefficient (Wildman–Crippen LogP) is 0.372. The fourth-order valence-corrected chi connectivity index (χ4v) is 2.37. The molecule has 0 radical (unpaired) electrons. The largest absolute Gasteiger partial charge is 0.368 e. The Hall–Kier alpha value is -1.10. The van der Waals surface area contributed by atoms with Crippen LogP contribution in [0.2, 0.25) is 0 Å². The molecule has 0 aromatic heterocycles. The highest BCUT2D eigenvalue weighted by Crippen LogP contribution is 2.24. The molecule has 4 N–H and O–H groups in total. The Kier molecular flexibility index (Phi) is 5.97. The second-order valence-electron chi connectivity index (χ2n) is 4.67. The highest BCUT2D eigenvalue weighted by atomic mass is 16.2. The van der Waals surface area contributed by atoms with Crippen LogP contribution >= 0.6 is 0 Å². The molecule has 17 heavy (non-hydrogen) atoms. The molecule has 0 aromatic rings. The maximum Gasteiger partial charge on any atom is 0.237 e. The molecule has 1 fully saturated rings. The van der Waals surface area contributed by atoms with Crippen molar-refractivity contribution in [3.05, 3.63) is 0 Å². The van der Waals surface area contributed by atoms with Crippen LogP contribution in [-0.4, -0.2) is 35.8 Å². The van der Waals surface area contributed by atoms with Gasteiger partial charge in [0.05, 0.1) is 6.54 Å². The van der Waals surface area contributed by atoms with Crippen molar-refractivity contribution < 1.29 is 9.59 Å². The molecule has 0 spiro atoms. The Morgan fingerprint density at radius 3 is 2.35 bits per heavy atom. The smallest absolute Gasteiger partial charge is 0.237 e. The summed E-state index contributed by atoms with van der Waals surface area (Å²) in [4.78, 5) is 24.7. The summed E-state index contributed by atoms with van der Waals surface area (Å²) >= 11 is 0. The number of hydrogen-bond donors (Lipinski definition) is 2. The molecule has 0 unspecified atom stereocenters. The van der Waals surface area contributed by atoms with E-state index in [4.69, 9.17) is 11.5 Å². The van der Waals surface area contributed by atoms with Gasteiger partial charge in [-0.2, -0.15) is 0 Å². The highest BCUT2D eigenvalue weighted by Gasteiger charge is 2.27. The summed E-state index contributed by atoms with van der Waals surface area (Å²) in [5.41, 5.74) is 10.6. The lowest BCUT2D eigenvalue weighted by Crippen LogP contribution is -2.44. The van der Waals surface area contributed by atoms with E-state index in [0.29, 0.717) is 13.0 Å². The van der Waals surface area contributed by atoms with Crippen molar-refractivity contribution in [2.24, 2.45) is 11.5 Å². The van der Waals surface area contributed by atoms with Gasteiger partial charge in [0, 0.05) is 12.5 Å². The molecule has 0 aliphatic heterocycles. The van der Waals surface area contributed by atoms with Gasteiger partial charge >= 0.3 is 0 Å². The molecule has 98 valence electrons. The van der Waals surface area contributed by atoms with Crippen molar-refractivity contribution in [3.8, 4) is 0 Å². The van der Waals surface area contributed by atoms with Gasteiger partial charge in [-0.3, -0.25) is 9.59 Å². The van der Waals surface area contributed by atoms with Crippen molar-refractivity contribution in [1.82, 2.24) is 4.90 Å². The summed E-state index contributed by atoms with van der Waals surface area (Å²) < 4.78 is 0. The topological polar surface area (TPSA) is 89.4 Å². The first kappa shape index (κ1) is 14.0. The molecule has 0 atom stereocenters. The van der Waals surface area contributed by atoms with Crippen LogP contribution < -0.4 is 11.5 Å². The number of primary amides is 1. The van der Waals surface area contributed by atoms with Crippen molar-refractivity contribution in [2.75, 3.05) is 13.1 Å². The van der Waals surface area contributed by atoms with E-state index in [1.54, 1.807) is 4.90 Å². The van der Waals surface area contributed by atoms with Gasteiger partial charge in [0.1, 0.15) is 0 Å². The van der Waals surface area contributed by atoms with Gasteiger partial charge in [0.25, 0.3) is 0 Å². The zero-order valence-electron chi connectivity index (χ0n) is 10.4. The van der Waals surface area contributed by atoms with Gasteiger partial charge in [0.15, 0.2) is 0 Å². The minimum Gasteiger partial charge on any atom is -0.368 e. The summed E-state index contributed by atoms with van der Waals surface area (Å²) in [7, 11) is 0. The standard InChI is InChI=1S/C12H23N3O2/c13-8-4-3-7-12(17)15(9-11(14)16)10-5-1-2-6-10/h10H,1-9,13H2,(H2,14,16). The second kappa shape index (κ2) is 7.27. The fraction of sp³-hybridized carbons (Fsp3) is 0.833. The van der Waals surface area contributed by atoms with Gasteiger partial charge in [0.2, 0.25) is 11.8 Å². The van der Waals surface area contributed by atoms with Gasteiger partial charge in [-0.15, -0.1) is 0 Å². The monoisotopic (exact) mass is 241 g/mol. The molecule has 1 saturated carbocycles. The summed E-state index contributed by atoms with van der Waals surface area (Å²) in [6.07, 6.45) is 6.37. The number of carbonyl (C=O) groups is 2. The number of carbonyl (C=O) groups excluding carboxylic acids is 2. The summed E-state index contributed by atoms with van der Waals surface area (Å²) in [5.74, 6) is -0.381. The molecule has 0 aromatic carbocycles. The Morgan fingerprint density at radius 1 is 1.18 bits per heavy atom. The fourth-order valence-electron chi connectivity index (χ4n) is 2.37. The maximum absolute atomic E-state index is 12.0. The molecular weight excluding hydrogens is 218 g/mol. The Labute approximate surface area is 103 Å². The Bertz CT molecular complexity index is 262. The van der Waals surface area contributed by atoms with E-state index >= 15 is 0 Å². The van der Waals surface area contributed by atoms with Gasteiger partial charge in [-0.25, -0.2) is 0 Å². The van der Waals surface area contributed by atoms with Crippen LogP contribution in [0.5, 0.6) is 0 Å². The van der Waals surface area contributed by atoms with Crippen molar-refractivity contribution in [3.63, 3.8) is 0 Å². The zero-order valence-corrected chi connectivity index (χ0v) is 10.4. The quantitative estimate of drug-likeness (QED) is 0.631. The molecule has 5 nitrogen and oxygen atoms in total. The van der Waals surface area contributed by atoms with E-state index in [1.165, 1.54) is 0 Å². The summed E-state index contributed by atoms with van der Waals surface area (Å²) in [6.45, 7) is 0.665. The van der Waals surface area contributed by atoms with Crippen molar-refractivity contribution in [1.29, 1.82) is 0 Å². The van der Waals surface area contributed by atoms with Gasteiger partial charge < -0.3 is 16.4 Å². The highest BCUT2D eigenvalue weighted by molar-refractivity contribution is 5.84. The first-order chi connectivity index (χ1) is 8.15. The molecule has 0 bridgehead atoms. The van der Waals surface area contributed by atoms with Crippen LogP contribution in [-0.2, 0) is 9.59 Å². The van der Waals surface area contributed by atoms with Gasteiger partial charge in [-0.05, 0) is 32.2 Å². The number of amides is 2. The molecule has 1 aliphatic rings. The van der Waals surface area contributed by atoms with E-state index in [-0.39, 0.29) is 18.5 Å². The number of unbranched alkanes of at least 4 members (excludes halogenated alkanes) is 1. The van der Waals surface area contributed by atoms with Crippen LogP contribution in [0.25, 0.3) is 0 Å². The molecule has 1 rings (SSSR count). The van der Waals surface area contributed by atoms with Crippen LogP contribution in [0, 0.1) is 0 Å². The maximum atomic E-state index is 12.0. The van der Waals surface area contributed by atoms with E-state index in [2.05, 4.69) is 0 Å². The molecular formula is C12H23N3O2. The molecule has 5 heteroatoms. The van der Waals surface area contributed by atoms with Crippen LogP contribution in [0.1, 0.15) is 44.9 Å². The Balaban J connectivity index is 2.48. The average molecular weight is 241 g/mol. The first-order valence-electron chi connectivity index (χ1n) is 6.43. The number of nitrogens with two attached hydrogens (primary N) is 2. The summed E-state index contributed by atoms with van der Waals surface area (Å²) in [6, 6.07) is 0.216. The number of nitrogens with zero attached hydrogens (tertiary/aromatic N) is 1. The average Bonchev–Trinajstić information content (AvgIpc) is 2.79. The molecule has 2 amide bonds. The van der Waals surface area contributed by atoms with Gasteiger partial charge in [-0.1, -0.05) is 12.8 Å². The van der Waals surface area contributed by atoms with Crippen LogP contribution in [0.4, 0.5) is 0 Å². The molecule has 0 saturated heterocycles. The van der Waals surface area contributed by atoms with Crippen molar-refractivity contribution in [2.45, 2.75) is 51.0 Å². The minimum absolute atomic E-state index is 0.0455. The third-order valence-electron chi connectivity index (χ3n) is 3.26. The third kappa shape index (κ3) is 4.73. The zero-order chi connectivity index (χ0) is 12.7.